The third-order valence-corrected chi connectivity index (χ3v) is 5.60. The highest BCUT2D eigenvalue weighted by molar-refractivity contribution is 7.20. The number of hydrogen-bond acceptors (Lipinski definition) is 7. The fourth-order valence-electron chi connectivity index (χ4n) is 3.01. The van der Waals surface area contributed by atoms with E-state index in [9.17, 15) is 19.2 Å². The zero-order valence-corrected chi connectivity index (χ0v) is 15.5. The minimum absolute atomic E-state index is 0.0747. The molecule has 3 N–H and O–H groups in total. The lowest BCUT2D eigenvalue weighted by molar-refractivity contribution is -0.118. The van der Waals surface area contributed by atoms with Gasteiger partial charge in [0.2, 0.25) is 0 Å². The van der Waals surface area contributed by atoms with Crippen LogP contribution in [0.4, 0.5) is 5.69 Å². The summed E-state index contributed by atoms with van der Waals surface area (Å²) >= 11 is 1.05. The number of rotatable bonds is 4. The molecule has 0 saturated heterocycles. The molecule has 3 aromatic rings. The first-order chi connectivity index (χ1) is 13.3. The standard InChI is InChI=1S/C18H14N4O5S/c1-8-14-17(28-15(8)16(19)25)20-7-22(18(14)26)5-11(23)9-2-3-12-10(4-9)21-13(24)6-27-12/h2-4,7H,5-6H2,1H3,(H2,19,25)(H,21,24). The fraction of sp³-hybridized carbons (Fsp3) is 0.167. The highest BCUT2D eigenvalue weighted by Gasteiger charge is 2.20. The van der Waals surface area contributed by atoms with Gasteiger partial charge in [0.05, 0.1) is 28.8 Å². The van der Waals surface area contributed by atoms with Crippen LogP contribution in [-0.2, 0) is 11.3 Å². The Labute approximate surface area is 161 Å². The van der Waals surface area contributed by atoms with Crippen molar-refractivity contribution < 1.29 is 19.1 Å². The lowest BCUT2D eigenvalue weighted by Gasteiger charge is -2.18. The molecule has 142 valence electrons. The number of nitrogens with one attached hydrogen (secondary N) is 1. The minimum atomic E-state index is -0.624. The van der Waals surface area contributed by atoms with Crippen molar-refractivity contribution in [2.75, 3.05) is 11.9 Å². The maximum absolute atomic E-state index is 12.8. The van der Waals surface area contributed by atoms with E-state index in [0.717, 1.165) is 11.3 Å². The maximum atomic E-state index is 12.8. The molecule has 1 aliphatic heterocycles. The number of amides is 2. The highest BCUT2D eigenvalue weighted by atomic mass is 32.1. The van der Waals surface area contributed by atoms with Gasteiger partial charge in [0, 0.05) is 5.56 Å². The van der Waals surface area contributed by atoms with E-state index in [0.29, 0.717) is 27.4 Å². The molecular weight excluding hydrogens is 384 g/mol. The zero-order valence-electron chi connectivity index (χ0n) is 14.6. The van der Waals surface area contributed by atoms with Crippen LogP contribution in [0.3, 0.4) is 0 Å². The van der Waals surface area contributed by atoms with E-state index in [4.69, 9.17) is 10.5 Å². The molecule has 2 amide bonds. The normalized spacial score (nSPS) is 13.0. The Morgan fingerprint density at radius 1 is 1.36 bits per heavy atom. The Balaban J connectivity index is 1.68. The summed E-state index contributed by atoms with van der Waals surface area (Å²) in [4.78, 5) is 53.2. The second-order valence-corrected chi connectivity index (χ2v) is 7.25. The molecule has 3 heterocycles. The van der Waals surface area contributed by atoms with Gasteiger partial charge in [-0.2, -0.15) is 0 Å². The quantitative estimate of drug-likeness (QED) is 0.632. The third kappa shape index (κ3) is 2.93. The Morgan fingerprint density at radius 3 is 2.89 bits per heavy atom. The highest BCUT2D eigenvalue weighted by Crippen LogP contribution is 2.29. The number of anilines is 1. The monoisotopic (exact) mass is 398 g/mol. The van der Waals surface area contributed by atoms with Crippen molar-refractivity contribution in [2.24, 2.45) is 5.73 Å². The lowest BCUT2D eigenvalue weighted by atomic mass is 10.1. The number of Topliss-reactive ketones (excluding diaryl/α,β-unsaturated/α-hetero) is 1. The molecule has 0 unspecified atom stereocenters. The number of ether oxygens (including phenoxy) is 1. The van der Waals surface area contributed by atoms with E-state index in [1.165, 1.54) is 17.0 Å². The molecule has 0 fully saturated rings. The van der Waals surface area contributed by atoms with Gasteiger partial charge in [0.1, 0.15) is 10.6 Å². The molecule has 0 bridgehead atoms. The molecule has 28 heavy (non-hydrogen) atoms. The van der Waals surface area contributed by atoms with Gasteiger partial charge >= 0.3 is 0 Å². The molecule has 0 spiro atoms. The molecule has 9 nitrogen and oxygen atoms in total. The van der Waals surface area contributed by atoms with Crippen molar-refractivity contribution >= 4 is 44.8 Å². The average molecular weight is 398 g/mol. The van der Waals surface area contributed by atoms with Crippen molar-refractivity contribution in [3.8, 4) is 5.75 Å². The summed E-state index contributed by atoms with van der Waals surface area (Å²) in [6.45, 7) is 1.31. The van der Waals surface area contributed by atoms with Crippen molar-refractivity contribution in [1.82, 2.24) is 9.55 Å². The topological polar surface area (TPSA) is 133 Å². The van der Waals surface area contributed by atoms with E-state index in [2.05, 4.69) is 10.3 Å². The Bertz CT molecular complexity index is 1230. The van der Waals surface area contributed by atoms with E-state index in [1.54, 1.807) is 19.1 Å². The molecule has 1 aromatic carbocycles. The van der Waals surface area contributed by atoms with Gasteiger partial charge in [0.15, 0.2) is 12.4 Å². The molecule has 0 atom stereocenters. The average Bonchev–Trinajstić information content (AvgIpc) is 3.01. The third-order valence-electron chi connectivity index (χ3n) is 4.39. The number of fused-ring (bicyclic) bond motifs is 2. The Morgan fingerprint density at radius 2 is 2.14 bits per heavy atom. The number of nitrogens with zero attached hydrogens (tertiary/aromatic N) is 2. The first-order valence-corrected chi connectivity index (χ1v) is 9.05. The van der Waals surface area contributed by atoms with Crippen molar-refractivity contribution in [3.05, 3.63) is 50.9 Å². The van der Waals surface area contributed by atoms with Crippen LogP contribution in [0.5, 0.6) is 5.75 Å². The van der Waals surface area contributed by atoms with Gasteiger partial charge in [-0.05, 0) is 30.7 Å². The molecule has 0 aliphatic carbocycles. The number of aryl methyl sites for hydroxylation is 1. The predicted molar refractivity (Wildman–Crippen MR) is 102 cm³/mol. The van der Waals surface area contributed by atoms with Crippen LogP contribution in [0.2, 0.25) is 0 Å². The van der Waals surface area contributed by atoms with Crippen molar-refractivity contribution in [1.29, 1.82) is 0 Å². The van der Waals surface area contributed by atoms with Crippen LogP contribution < -0.4 is 21.3 Å². The van der Waals surface area contributed by atoms with Crippen LogP contribution in [0.1, 0.15) is 25.6 Å². The number of primary amides is 1. The van der Waals surface area contributed by atoms with E-state index in [1.807, 2.05) is 0 Å². The van der Waals surface area contributed by atoms with E-state index in [-0.39, 0.29) is 35.1 Å². The van der Waals surface area contributed by atoms with Crippen LogP contribution in [0.25, 0.3) is 10.2 Å². The van der Waals surface area contributed by atoms with Crippen molar-refractivity contribution in [3.63, 3.8) is 0 Å². The maximum Gasteiger partial charge on any atom is 0.262 e. The summed E-state index contributed by atoms with van der Waals surface area (Å²) in [5.41, 5.74) is 6.09. The van der Waals surface area contributed by atoms with Crippen LogP contribution in [-0.4, -0.2) is 33.8 Å². The molecule has 2 aromatic heterocycles. The molecular formula is C18H14N4O5S. The number of hydrogen-bond donors (Lipinski definition) is 2. The number of ketones is 1. The summed E-state index contributed by atoms with van der Waals surface area (Å²) in [7, 11) is 0. The zero-order chi connectivity index (χ0) is 20.0. The van der Waals surface area contributed by atoms with Gasteiger partial charge < -0.3 is 15.8 Å². The van der Waals surface area contributed by atoms with Crippen LogP contribution in [0, 0.1) is 6.92 Å². The molecule has 0 saturated carbocycles. The van der Waals surface area contributed by atoms with E-state index < -0.39 is 11.5 Å². The molecule has 10 heteroatoms. The van der Waals surface area contributed by atoms with E-state index >= 15 is 0 Å². The summed E-state index contributed by atoms with van der Waals surface area (Å²) in [6, 6.07) is 4.66. The van der Waals surface area contributed by atoms with Gasteiger partial charge in [-0.1, -0.05) is 0 Å². The largest absolute Gasteiger partial charge is 0.482 e. The number of carbonyl (C=O) groups is 3. The van der Waals surface area contributed by atoms with Crippen molar-refractivity contribution in [2.45, 2.75) is 13.5 Å². The SMILES string of the molecule is Cc1c(C(N)=O)sc2ncn(CC(=O)c3ccc4c(c3)NC(=O)CO4)c(=O)c12. The lowest BCUT2D eigenvalue weighted by Crippen LogP contribution is -2.26. The summed E-state index contributed by atoms with van der Waals surface area (Å²) in [5, 5.41) is 2.91. The number of aromatic nitrogens is 2. The van der Waals surface area contributed by atoms with Gasteiger partial charge in [0.25, 0.3) is 17.4 Å². The second kappa shape index (κ2) is 6.57. The summed E-state index contributed by atoms with van der Waals surface area (Å²) in [6.07, 6.45) is 1.27. The Kier molecular flexibility index (Phi) is 4.19. The number of benzene rings is 1. The molecule has 0 radical (unpaired) electrons. The second-order valence-electron chi connectivity index (χ2n) is 6.25. The first-order valence-electron chi connectivity index (χ1n) is 8.23. The predicted octanol–water partition coefficient (Wildman–Crippen LogP) is 1.08. The molecule has 4 rings (SSSR count). The Hall–Kier alpha value is -3.53. The van der Waals surface area contributed by atoms with Gasteiger partial charge in [-0.15, -0.1) is 11.3 Å². The number of nitrogens with two attached hydrogens (primary N) is 1. The number of thiophene rings is 1. The summed E-state index contributed by atoms with van der Waals surface area (Å²) in [5.74, 6) is -0.792. The smallest absolute Gasteiger partial charge is 0.262 e. The summed E-state index contributed by atoms with van der Waals surface area (Å²) < 4.78 is 6.45. The fourth-order valence-corrected chi connectivity index (χ4v) is 4.00. The van der Waals surface area contributed by atoms with Crippen LogP contribution in [0.15, 0.2) is 29.3 Å². The first kappa shape index (κ1) is 17.9. The molecule has 1 aliphatic rings. The van der Waals surface area contributed by atoms with Gasteiger partial charge in [-0.25, -0.2) is 4.98 Å². The number of carbonyl (C=O) groups excluding carboxylic acids is 3. The van der Waals surface area contributed by atoms with Crippen LogP contribution >= 0.6 is 11.3 Å². The van der Waals surface area contributed by atoms with Gasteiger partial charge in [-0.3, -0.25) is 23.7 Å². The minimum Gasteiger partial charge on any atom is -0.482 e.